The van der Waals surface area contributed by atoms with Crippen molar-refractivity contribution in [2.75, 3.05) is 13.7 Å². The lowest BCUT2D eigenvalue weighted by molar-refractivity contribution is -0.159. The first-order valence-corrected chi connectivity index (χ1v) is 10.4. The van der Waals surface area contributed by atoms with Gasteiger partial charge in [-0.05, 0) is 63.6 Å². The second kappa shape index (κ2) is 9.34. The molecule has 0 amide bonds. The molecule has 7 nitrogen and oxygen atoms in total. The van der Waals surface area contributed by atoms with Crippen molar-refractivity contribution in [2.45, 2.75) is 45.3 Å². The maximum atomic E-state index is 13.1. The van der Waals surface area contributed by atoms with Gasteiger partial charge in [-0.15, -0.1) is 0 Å². The van der Waals surface area contributed by atoms with Crippen LogP contribution in [0.2, 0.25) is 0 Å². The Bertz CT molecular complexity index is 1050. The summed E-state index contributed by atoms with van der Waals surface area (Å²) < 4.78 is 16.2. The number of carbonyl (C=O) groups is 2. The maximum absolute atomic E-state index is 13.1. The van der Waals surface area contributed by atoms with E-state index in [1.165, 1.54) is 7.11 Å². The Morgan fingerprint density at radius 2 is 1.91 bits per heavy atom. The van der Waals surface area contributed by atoms with Crippen LogP contribution >= 0.6 is 0 Å². The largest absolute Gasteiger partial charge is 0.478 e. The van der Waals surface area contributed by atoms with E-state index in [-0.39, 0.29) is 6.42 Å². The standard InChI is InChI=1S/C25H28N2O5/c1-6-31-21-19(15-25(11-8-12-27-25)23(29)32-24(2,3)4)14-20(16-26-21)17-9-7-10-18(13-17)22(28)30-5/h7-14,16H,6,15H2,1-5H3. The summed E-state index contributed by atoms with van der Waals surface area (Å²) in [5.41, 5.74) is 0.887. The summed E-state index contributed by atoms with van der Waals surface area (Å²) in [6.07, 6.45) is 6.98. The van der Waals surface area contributed by atoms with Crippen molar-refractivity contribution in [3.63, 3.8) is 0 Å². The van der Waals surface area contributed by atoms with Crippen molar-refractivity contribution in [3.05, 3.63) is 59.8 Å². The zero-order chi connectivity index (χ0) is 23.4. The van der Waals surface area contributed by atoms with Gasteiger partial charge in [-0.1, -0.05) is 12.1 Å². The molecule has 0 aliphatic carbocycles. The number of benzene rings is 1. The Hall–Kier alpha value is -3.48. The van der Waals surface area contributed by atoms with Gasteiger partial charge in [-0.3, -0.25) is 4.99 Å². The summed E-state index contributed by atoms with van der Waals surface area (Å²) in [6.45, 7) is 7.77. The number of aromatic nitrogens is 1. The molecule has 1 unspecified atom stereocenters. The minimum atomic E-state index is -1.19. The van der Waals surface area contributed by atoms with E-state index >= 15 is 0 Å². The molecule has 2 aromatic rings. The highest BCUT2D eigenvalue weighted by Crippen LogP contribution is 2.32. The fraction of sp³-hybridized carbons (Fsp3) is 0.360. The molecule has 0 saturated carbocycles. The van der Waals surface area contributed by atoms with Gasteiger partial charge in [-0.25, -0.2) is 14.6 Å². The minimum absolute atomic E-state index is 0.224. The van der Waals surface area contributed by atoms with Crippen LogP contribution < -0.4 is 4.74 Å². The lowest BCUT2D eigenvalue weighted by atomic mass is 9.90. The van der Waals surface area contributed by atoms with Gasteiger partial charge in [0.2, 0.25) is 5.88 Å². The first-order valence-electron chi connectivity index (χ1n) is 10.4. The first-order chi connectivity index (χ1) is 15.2. The van der Waals surface area contributed by atoms with Crippen molar-refractivity contribution in [1.82, 2.24) is 4.98 Å². The van der Waals surface area contributed by atoms with E-state index in [1.807, 2.05) is 39.8 Å². The Morgan fingerprint density at radius 3 is 2.53 bits per heavy atom. The number of nitrogens with zero attached hydrogens (tertiary/aromatic N) is 2. The third-order valence-electron chi connectivity index (χ3n) is 4.80. The molecule has 0 radical (unpaired) electrons. The number of hydrogen-bond donors (Lipinski definition) is 0. The summed E-state index contributed by atoms with van der Waals surface area (Å²) in [5, 5.41) is 0. The summed E-state index contributed by atoms with van der Waals surface area (Å²) in [7, 11) is 1.34. The fourth-order valence-electron chi connectivity index (χ4n) is 3.37. The Labute approximate surface area is 188 Å². The fourth-order valence-corrected chi connectivity index (χ4v) is 3.37. The zero-order valence-electron chi connectivity index (χ0n) is 19.0. The lowest BCUT2D eigenvalue weighted by Gasteiger charge is -2.28. The number of carbonyl (C=O) groups excluding carboxylic acids is 2. The zero-order valence-corrected chi connectivity index (χ0v) is 19.0. The third kappa shape index (κ3) is 5.22. The van der Waals surface area contributed by atoms with Crippen LogP contribution in [0.4, 0.5) is 0 Å². The average Bonchev–Trinajstić information content (AvgIpc) is 3.23. The normalized spacial score (nSPS) is 17.3. The van der Waals surface area contributed by atoms with E-state index in [1.54, 1.807) is 42.8 Å². The van der Waals surface area contributed by atoms with Gasteiger partial charge in [0.1, 0.15) is 5.60 Å². The predicted molar refractivity (Wildman–Crippen MR) is 122 cm³/mol. The van der Waals surface area contributed by atoms with Crippen LogP contribution in [0, 0.1) is 0 Å². The van der Waals surface area contributed by atoms with Gasteiger partial charge in [0.15, 0.2) is 5.54 Å². The molecule has 1 atom stereocenters. The maximum Gasteiger partial charge on any atom is 0.338 e. The van der Waals surface area contributed by atoms with Crippen LogP contribution in [0.15, 0.2) is 53.7 Å². The number of hydrogen-bond acceptors (Lipinski definition) is 7. The van der Waals surface area contributed by atoms with Crippen LogP contribution in [-0.4, -0.2) is 48.0 Å². The molecule has 32 heavy (non-hydrogen) atoms. The van der Waals surface area contributed by atoms with E-state index in [9.17, 15) is 9.59 Å². The number of esters is 2. The summed E-state index contributed by atoms with van der Waals surface area (Å²) in [5.74, 6) is -0.422. The molecular formula is C25H28N2O5. The molecule has 7 heteroatoms. The van der Waals surface area contributed by atoms with Gasteiger partial charge in [-0.2, -0.15) is 0 Å². The number of allylic oxidation sites excluding steroid dienone is 1. The molecular weight excluding hydrogens is 408 g/mol. The number of methoxy groups -OCH3 is 1. The van der Waals surface area contributed by atoms with Crippen LogP contribution in [0.25, 0.3) is 11.1 Å². The van der Waals surface area contributed by atoms with Crippen molar-refractivity contribution in [3.8, 4) is 17.0 Å². The van der Waals surface area contributed by atoms with Gasteiger partial charge < -0.3 is 14.2 Å². The SMILES string of the molecule is CCOc1ncc(-c2cccc(C(=O)OC)c2)cc1CC1(C(=O)OC(C)(C)C)C=CC=N1. The van der Waals surface area contributed by atoms with Gasteiger partial charge in [0, 0.05) is 30.0 Å². The highest BCUT2D eigenvalue weighted by molar-refractivity contribution is 5.92. The van der Waals surface area contributed by atoms with E-state index in [2.05, 4.69) is 9.98 Å². The summed E-state index contributed by atoms with van der Waals surface area (Å²) >= 11 is 0. The van der Waals surface area contributed by atoms with E-state index < -0.39 is 23.1 Å². The van der Waals surface area contributed by atoms with Crippen molar-refractivity contribution < 1.29 is 23.8 Å². The van der Waals surface area contributed by atoms with Gasteiger partial charge in [0.05, 0.1) is 19.3 Å². The molecule has 1 aromatic carbocycles. The van der Waals surface area contributed by atoms with Crippen molar-refractivity contribution in [1.29, 1.82) is 0 Å². The molecule has 1 aromatic heterocycles. The van der Waals surface area contributed by atoms with Crippen LogP contribution in [0.5, 0.6) is 5.88 Å². The molecule has 0 fully saturated rings. The highest BCUT2D eigenvalue weighted by Gasteiger charge is 2.41. The first kappa shape index (κ1) is 23.2. The monoisotopic (exact) mass is 436 g/mol. The second-order valence-electron chi connectivity index (χ2n) is 8.43. The van der Waals surface area contributed by atoms with Crippen molar-refractivity contribution in [2.24, 2.45) is 4.99 Å². The van der Waals surface area contributed by atoms with E-state index in [0.29, 0.717) is 23.6 Å². The number of aliphatic imine (C=N–C) groups is 1. The molecule has 0 bridgehead atoms. The molecule has 3 rings (SSSR count). The third-order valence-corrected chi connectivity index (χ3v) is 4.80. The molecule has 1 aliphatic rings. The predicted octanol–water partition coefficient (Wildman–Crippen LogP) is 4.20. The Balaban J connectivity index is 2.02. The number of pyridine rings is 1. The molecule has 0 saturated heterocycles. The Kier molecular flexibility index (Phi) is 6.77. The summed E-state index contributed by atoms with van der Waals surface area (Å²) in [4.78, 5) is 33.9. The molecule has 0 N–H and O–H groups in total. The molecule has 168 valence electrons. The van der Waals surface area contributed by atoms with Crippen LogP contribution in [0.1, 0.15) is 43.6 Å². The topological polar surface area (TPSA) is 87.1 Å². The number of ether oxygens (including phenoxy) is 3. The molecule has 0 spiro atoms. The van der Waals surface area contributed by atoms with E-state index in [0.717, 1.165) is 11.1 Å². The highest BCUT2D eigenvalue weighted by atomic mass is 16.6. The van der Waals surface area contributed by atoms with E-state index in [4.69, 9.17) is 14.2 Å². The molecule has 1 aliphatic heterocycles. The minimum Gasteiger partial charge on any atom is -0.478 e. The Morgan fingerprint density at radius 1 is 1.12 bits per heavy atom. The van der Waals surface area contributed by atoms with Gasteiger partial charge in [0.25, 0.3) is 0 Å². The quantitative estimate of drug-likeness (QED) is 0.605. The second-order valence-corrected chi connectivity index (χ2v) is 8.43. The van der Waals surface area contributed by atoms with Crippen LogP contribution in [-0.2, 0) is 20.7 Å². The lowest BCUT2D eigenvalue weighted by Crippen LogP contribution is -2.41. The van der Waals surface area contributed by atoms with Crippen LogP contribution in [0.3, 0.4) is 0 Å². The molecule has 2 heterocycles. The summed E-state index contributed by atoms with van der Waals surface area (Å²) in [6, 6.07) is 8.99. The van der Waals surface area contributed by atoms with Crippen molar-refractivity contribution >= 4 is 18.2 Å². The smallest absolute Gasteiger partial charge is 0.338 e. The van der Waals surface area contributed by atoms with Gasteiger partial charge >= 0.3 is 11.9 Å². The number of rotatable bonds is 7. The average molecular weight is 437 g/mol.